The molecule has 1 atom stereocenters. The number of para-hydroxylation sites is 1. The Bertz CT molecular complexity index is 605. The van der Waals surface area contributed by atoms with Crippen LogP contribution in [-0.4, -0.2) is 31.8 Å². The number of benzene rings is 1. The van der Waals surface area contributed by atoms with Gasteiger partial charge in [-0.15, -0.1) is 0 Å². The Morgan fingerprint density at radius 1 is 1.16 bits per heavy atom. The molecule has 98 valence electrons. The Balaban J connectivity index is 2.76. The predicted molar refractivity (Wildman–Crippen MR) is 82.9 cm³/mol. The van der Waals surface area contributed by atoms with Crippen LogP contribution in [0, 0.1) is 20.8 Å². The van der Waals surface area contributed by atoms with Crippen LogP contribution in [-0.2, 0) is 0 Å². The van der Waals surface area contributed by atoms with E-state index in [-0.39, 0.29) is 6.04 Å². The third-order valence-electron chi connectivity index (χ3n) is 4.06. The monoisotopic (exact) mass is 252 g/mol. The van der Waals surface area contributed by atoms with E-state index in [0.29, 0.717) is 6.32 Å². The van der Waals surface area contributed by atoms with Crippen molar-refractivity contribution in [2.75, 3.05) is 14.1 Å². The van der Waals surface area contributed by atoms with Gasteiger partial charge in [-0.3, -0.25) is 4.98 Å². The van der Waals surface area contributed by atoms with Crippen molar-refractivity contribution < 1.29 is 0 Å². The maximum absolute atomic E-state index is 5.93. The van der Waals surface area contributed by atoms with Gasteiger partial charge in [0.15, 0.2) is 0 Å². The highest BCUT2D eigenvalue weighted by atomic mass is 15.1. The first-order valence-corrected chi connectivity index (χ1v) is 6.70. The summed E-state index contributed by atoms with van der Waals surface area (Å²) in [6.07, 6.45) is 0.597. The zero-order chi connectivity index (χ0) is 14.2. The first-order chi connectivity index (χ1) is 8.97. The molecule has 3 heteroatoms. The molecule has 0 saturated carbocycles. The summed E-state index contributed by atoms with van der Waals surface area (Å²) in [5, 5.41) is 1.24. The molecule has 1 heterocycles. The van der Waals surface area contributed by atoms with Crippen molar-refractivity contribution in [1.82, 2.24) is 9.88 Å². The molecule has 1 unspecified atom stereocenters. The van der Waals surface area contributed by atoms with Gasteiger partial charge >= 0.3 is 0 Å². The van der Waals surface area contributed by atoms with Gasteiger partial charge in [0.1, 0.15) is 0 Å². The molecule has 0 bridgehead atoms. The fraction of sp³-hybridized carbons (Fsp3) is 0.438. The van der Waals surface area contributed by atoms with E-state index in [1.807, 2.05) is 0 Å². The largest absolute Gasteiger partial charge is 0.303 e. The van der Waals surface area contributed by atoms with Gasteiger partial charge in [-0.05, 0) is 51.6 Å². The SMILES string of the molecule is [B]CC(c1cccc2c(C)c(C)c(C)nc12)N(C)C. The molecule has 19 heavy (non-hydrogen) atoms. The van der Waals surface area contributed by atoms with Crippen LogP contribution in [0.25, 0.3) is 10.9 Å². The quantitative estimate of drug-likeness (QED) is 0.779. The summed E-state index contributed by atoms with van der Waals surface area (Å²) in [6.45, 7) is 6.38. The minimum atomic E-state index is 0.206. The van der Waals surface area contributed by atoms with Crippen LogP contribution in [0.2, 0.25) is 6.32 Å². The zero-order valence-electron chi connectivity index (χ0n) is 12.5. The van der Waals surface area contributed by atoms with Crippen molar-refractivity contribution in [2.45, 2.75) is 33.1 Å². The molecule has 1 aromatic carbocycles. The molecular weight excluding hydrogens is 231 g/mol. The second kappa shape index (κ2) is 5.34. The van der Waals surface area contributed by atoms with Crippen molar-refractivity contribution in [3.8, 4) is 0 Å². The molecule has 2 rings (SSSR count). The van der Waals surface area contributed by atoms with Gasteiger partial charge in [0.2, 0.25) is 0 Å². The van der Waals surface area contributed by atoms with E-state index < -0.39 is 0 Å². The second-order valence-corrected chi connectivity index (χ2v) is 5.41. The lowest BCUT2D eigenvalue weighted by Crippen LogP contribution is -2.20. The van der Waals surface area contributed by atoms with Crippen LogP contribution in [0.5, 0.6) is 0 Å². The fourth-order valence-corrected chi connectivity index (χ4v) is 2.60. The normalized spacial score (nSPS) is 13.2. The Kier molecular flexibility index (Phi) is 3.95. The average Bonchev–Trinajstić information content (AvgIpc) is 2.37. The molecule has 0 amide bonds. The molecule has 0 fully saturated rings. The van der Waals surface area contributed by atoms with Crippen molar-refractivity contribution in [3.05, 3.63) is 40.6 Å². The minimum absolute atomic E-state index is 0.206. The zero-order valence-corrected chi connectivity index (χ0v) is 12.5. The maximum Gasteiger partial charge on any atom is 0.0755 e. The highest BCUT2D eigenvalue weighted by molar-refractivity contribution is 6.09. The fourth-order valence-electron chi connectivity index (χ4n) is 2.60. The number of rotatable bonds is 3. The molecule has 0 spiro atoms. The summed E-state index contributed by atoms with van der Waals surface area (Å²) < 4.78 is 0. The third kappa shape index (κ3) is 2.39. The van der Waals surface area contributed by atoms with Gasteiger partial charge in [-0.1, -0.05) is 24.5 Å². The molecule has 1 aromatic heterocycles. The molecule has 0 aliphatic rings. The van der Waals surface area contributed by atoms with Gasteiger partial charge in [0, 0.05) is 17.1 Å². The van der Waals surface area contributed by atoms with E-state index >= 15 is 0 Å². The van der Waals surface area contributed by atoms with Gasteiger partial charge in [-0.2, -0.15) is 0 Å². The summed E-state index contributed by atoms with van der Waals surface area (Å²) in [6, 6.07) is 6.60. The lowest BCUT2D eigenvalue weighted by molar-refractivity contribution is 0.323. The van der Waals surface area contributed by atoms with Crippen molar-refractivity contribution in [1.29, 1.82) is 0 Å². The van der Waals surface area contributed by atoms with Crippen molar-refractivity contribution in [2.24, 2.45) is 0 Å². The summed E-state index contributed by atoms with van der Waals surface area (Å²) in [5.41, 5.74) is 6.01. The molecule has 2 nitrogen and oxygen atoms in total. The minimum Gasteiger partial charge on any atom is -0.303 e. The number of fused-ring (bicyclic) bond motifs is 1. The Morgan fingerprint density at radius 2 is 1.84 bits per heavy atom. The molecule has 0 aliphatic carbocycles. The first kappa shape index (κ1) is 14.1. The second-order valence-electron chi connectivity index (χ2n) is 5.41. The van der Waals surface area contributed by atoms with Crippen LogP contribution >= 0.6 is 0 Å². The molecular formula is C16H21BN2. The van der Waals surface area contributed by atoms with E-state index in [4.69, 9.17) is 12.8 Å². The van der Waals surface area contributed by atoms with Crippen LogP contribution in [0.3, 0.4) is 0 Å². The smallest absolute Gasteiger partial charge is 0.0755 e. The van der Waals surface area contributed by atoms with Crippen LogP contribution in [0.1, 0.15) is 28.4 Å². The topological polar surface area (TPSA) is 16.1 Å². The third-order valence-corrected chi connectivity index (χ3v) is 4.06. The van der Waals surface area contributed by atoms with E-state index in [1.54, 1.807) is 0 Å². The molecule has 0 aliphatic heterocycles. The van der Waals surface area contributed by atoms with Gasteiger partial charge in [-0.25, -0.2) is 0 Å². The van der Waals surface area contributed by atoms with Gasteiger partial charge < -0.3 is 4.90 Å². The van der Waals surface area contributed by atoms with Crippen LogP contribution < -0.4 is 0 Å². The van der Waals surface area contributed by atoms with E-state index in [2.05, 4.69) is 58.0 Å². The average molecular weight is 252 g/mol. The number of hydrogen-bond donors (Lipinski definition) is 0. The molecule has 0 N–H and O–H groups in total. The Morgan fingerprint density at radius 3 is 2.42 bits per heavy atom. The number of aromatic nitrogens is 1. The maximum atomic E-state index is 5.93. The molecule has 2 aromatic rings. The Hall–Kier alpha value is -1.35. The Labute approximate surface area is 117 Å². The number of pyridine rings is 1. The molecule has 0 saturated heterocycles. The predicted octanol–water partition coefficient (Wildman–Crippen LogP) is 3.35. The van der Waals surface area contributed by atoms with Crippen molar-refractivity contribution >= 4 is 18.7 Å². The summed E-state index contributed by atoms with van der Waals surface area (Å²) >= 11 is 0. The van der Waals surface area contributed by atoms with Gasteiger partial charge in [0.05, 0.1) is 13.4 Å². The standard InChI is InChI=1S/C16H21BN2/c1-10-11(2)13-7-6-8-14(15(9-17)19(4)5)16(13)18-12(10)3/h6-8,15H,9H2,1-5H3. The number of aryl methyl sites for hydroxylation is 2. The summed E-state index contributed by atoms with van der Waals surface area (Å²) in [7, 11) is 10.1. The van der Waals surface area contributed by atoms with E-state index in [9.17, 15) is 0 Å². The summed E-state index contributed by atoms with van der Waals surface area (Å²) in [4.78, 5) is 6.96. The van der Waals surface area contributed by atoms with Crippen LogP contribution in [0.15, 0.2) is 18.2 Å². The summed E-state index contributed by atoms with van der Waals surface area (Å²) in [5.74, 6) is 0. The first-order valence-electron chi connectivity index (χ1n) is 6.70. The van der Waals surface area contributed by atoms with Crippen molar-refractivity contribution in [3.63, 3.8) is 0 Å². The van der Waals surface area contributed by atoms with Crippen LogP contribution in [0.4, 0.5) is 0 Å². The van der Waals surface area contributed by atoms with Gasteiger partial charge in [0.25, 0.3) is 0 Å². The van der Waals surface area contributed by atoms with E-state index in [0.717, 1.165) is 11.2 Å². The highest BCUT2D eigenvalue weighted by Crippen LogP contribution is 2.31. The number of hydrogen-bond acceptors (Lipinski definition) is 2. The van der Waals surface area contributed by atoms with E-state index in [1.165, 1.54) is 22.1 Å². The lowest BCUT2D eigenvalue weighted by Gasteiger charge is -2.25. The molecule has 2 radical (unpaired) electrons. The lowest BCUT2D eigenvalue weighted by atomic mass is 9.89. The number of nitrogens with zero attached hydrogens (tertiary/aromatic N) is 2. The highest BCUT2D eigenvalue weighted by Gasteiger charge is 2.17.